The van der Waals surface area contributed by atoms with Crippen LogP contribution < -0.4 is 4.90 Å². The molecule has 0 atom stereocenters. The van der Waals surface area contributed by atoms with Crippen molar-refractivity contribution in [3.05, 3.63) is 28.7 Å². The van der Waals surface area contributed by atoms with Crippen LogP contribution in [0.25, 0.3) is 0 Å². The van der Waals surface area contributed by atoms with Gasteiger partial charge in [0.2, 0.25) is 0 Å². The summed E-state index contributed by atoms with van der Waals surface area (Å²) in [4.78, 5) is 6.97. The zero-order valence-electron chi connectivity index (χ0n) is 8.49. The average molecular weight is 265 g/mol. The molecule has 1 fully saturated rings. The van der Waals surface area contributed by atoms with Gasteiger partial charge in [0, 0.05) is 22.6 Å². The van der Waals surface area contributed by atoms with Crippen LogP contribution in [0.2, 0.25) is 0 Å². The number of nitrogens with zero attached hydrogens (tertiary/aromatic N) is 2. The number of rotatable bonds is 2. The van der Waals surface area contributed by atoms with Crippen molar-refractivity contribution < 1.29 is 0 Å². The first kappa shape index (κ1) is 9.40. The fraction of sp³-hybridized carbons (Fsp3) is 0.417. The number of anilines is 1. The van der Waals surface area contributed by atoms with E-state index in [4.69, 9.17) is 0 Å². The Morgan fingerprint density at radius 1 is 1.20 bits per heavy atom. The predicted octanol–water partition coefficient (Wildman–Crippen LogP) is 3.08. The molecule has 0 saturated heterocycles. The normalized spacial score (nSPS) is 20.6. The van der Waals surface area contributed by atoms with Gasteiger partial charge in [0.1, 0.15) is 5.84 Å². The van der Waals surface area contributed by atoms with E-state index in [2.05, 4.69) is 50.1 Å². The van der Waals surface area contributed by atoms with Crippen molar-refractivity contribution in [1.82, 2.24) is 0 Å². The van der Waals surface area contributed by atoms with Gasteiger partial charge in [-0.1, -0.05) is 15.9 Å². The van der Waals surface area contributed by atoms with Crippen LogP contribution in [0.3, 0.4) is 0 Å². The predicted molar refractivity (Wildman–Crippen MR) is 66.5 cm³/mol. The van der Waals surface area contributed by atoms with Crippen LogP contribution in [0.5, 0.6) is 0 Å². The Kier molecular flexibility index (Phi) is 2.28. The lowest BCUT2D eigenvalue weighted by Crippen LogP contribution is -2.28. The van der Waals surface area contributed by atoms with Crippen LogP contribution in [-0.2, 0) is 0 Å². The van der Waals surface area contributed by atoms with E-state index in [1.807, 2.05) is 0 Å². The van der Waals surface area contributed by atoms with Crippen molar-refractivity contribution in [2.75, 3.05) is 18.0 Å². The van der Waals surface area contributed by atoms with Gasteiger partial charge in [0.05, 0.1) is 6.54 Å². The van der Waals surface area contributed by atoms with E-state index in [1.165, 1.54) is 24.4 Å². The summed E-state index contributed by atoms with van der Waals surface area (Å²) in [6, 6.07) is 8.51. The topological polar surface area (TPSA) is 15.6 Å². The lowest BCUT2D eigenvalue weighted by Gasteiger charge is -2.20. The van der Waals surface area contributed by atoms with E-state index >= 15 is 0 Å². The molecule has 3 rings (SSSR count). The number of hydrogen-bond acceptors (Lipinski definition) is 2. The molecule has 0 amide bonds. The molecular weight excluding hydrogens is 252 g/mol. The Labute approximate surface area is 98.1 Å². The fourth-order valence-corrected chi connectivity index (χ4v) is 2.30. The maximum absolute atomic E-state index is 4.61. The second kappa shape index (κ2) is 3.63. The Hall–Kier alpha value is -0.830. The van der Waals surface area contributed by atoms with Crippen LogP contribution >= 0.6 is 15.9 Å². The molecule has 1 saturated carbocycles. The lowest BCUT2D eigenvalue weighted by molar-refractivity contribution is 1.01. The van der Waals surface area contributed by atoms with E-state index in [0.29, 0.717) is 0 Å². The van der Waals surface area contributed by atoms with Gasteiger partial charge in [0.25, 0.3) is 0 Å². The Morgan fingerprint density at radius 3 is 2.60 bits per heavy atom. The number of amidine groups is 1. The number of hydrogen-bond donors (Lipinski definition) is 0. The average Bonchev–Trinajstić information content (AvgIpc) is 2.98. The monoisotopic (exact) mass is 264 g/mol. The molecule has 2 aliphatic rings. The highest BCUT2D eigenvalue weighted by Crippen LogP contribution is 2.35. The highest BCUT2D eigenvalue weighted by molar-refractivity contribution is 9.10. The summed E-state index contributed by atoms with van der Waals surface area (Å²) in [5, 5.41) is 0. The van der Waals surface area contributed by atoms with Gasteiger partial charge in [-0.15, -0.1) is 0 Å². The molecule has 0 N–H and O–H groups in total. The minimum atomic E-state index is 0.746. The van der Waals surface area contributed by atoms with E-state index in [9.17, 15) is 0 Å². The molecule has 1 aromatic rings. The summed E-state index contributed by atoms with van der Waals surface area (Å²) < 4.78 is 1.13. The van der Waals surface area contributed by atoms with Crippen LogP contribution in [0, 0.1) is 5.92 Å². The number of benzene rings is 1. The molecule has 1 aliphatic carbocycles. The van der Waals surface area contributed by atoms with Gasteiger partial charge < -0.3 is 4.90 Å². The molecule has 0 bridgehead atoms. The van der Waals surface area contributed by atoms with Gasteiger partial charge in [0.15, 0.2) is 0 Å². The molecule has 0 radical (unpaired) electrons. The molecule has 2 nitrogen and oxygen atoms in total. The molecule has 1 aliphatic heterocycles. The van der Waals surface area contributed by atoms with Gasteiger partial charge >= 0.3 is 0 Å². The van der Waals surface area contributed by atoms with E-state index in [-0.39, 0.29) is 0 Å². The van der Waals surface area contributed by atoms with Crippen molar-refractivity contribution in [2.45, 2.75) is 12.8 Å². The first-order valence-corrected chi connectivity index (χ1v) is 6.21. The minimum absolute atomic E-state index is 0.746. The van der Waals surface area contributed by atoms with Crippen LogP contribution in [0.1, 0.15) is 12.8 Å². The van der Waals surface area contributed by atoms with E-state index < -0.39 is 0 Å². The first-order chi connectivity index (χ1) is 7.34. The highest BCUT2D eigenvalue weighted by atomic mass is 79.9. The zero-order chi connectivity index (χ0) is 10.3. The molecule has 0 spiro atoms. The Bertz CT molecular complexity index is 393. The third-order valence-electron chi connectivity index (χ3n) is 2.95. The Balaban J connectivity index is 1.87. The largest absolute Gasteiger partial charge is 0.328 e. The molecule has 1 aromatic carbocycles. The summed E-state index contributed by atoms with van der Waals surface area (Å²) in [6.45, 7) is 2.01. The van der Waals surface area contributed by atoms with Gasteiger partial charge in [-0.25, -0.2) is 0 Å². The SMILES string of the molecule is Brc1ccc(N2CCN=C2C2CC2)cc1. The van der Waals surface area contributed by atoms with Crippen LogP contribution in [0.15, 0.2) is 33.7 Å². The maximum atomic E-state index is 4.61. The number of aliphatic imine (C=N–C) groups is 1. The summed E-state index contributed by atoms with van der Waals surface area (Å²) in [7, 11) is 0. The smallest absolute Gasteiger partial charge is 0.107 e. The zero-order valence-corrected chi connectivity index (χ0v) is 10.1. The Morgan fingerprint density at radius 2 is 1.93 bits per heavy atom. The molecule has 0 aromatic heterocycles. The summed E-state index contributed by atoms with van der Waals surface area (Å²) in [5.41, 5.74) is 1.28. The molecule has 3 heteroatoms. The van der Waals surface area contributed by atoms with Gasteiger partial charge in [-0.3, -0.25) is 4.99 Å². The standard InChI is InChI=1S/C12H13BrN2/c13-10-3-5-11(6-4-10)15-8-7-14-12(15)9-1-2-9/h3-6,9H,1-2,7-8H2. The van der Waals surface area contributed by atoms with E-state index in [1.54, 1.807) is 0 Å². The molecule has 0 unspecified atom stereocenters. The van der Waals surface area contributed by atoms with Crippen LogP contribution in [-0.4, -0.2) is 18.9 Å². The fourth-order valence-electron chi connectivity index (χ4n) is 2.04. The van der Waals surface area contributed by atoms with Crippen molar-refractivity contribution >= 4 is 27.5 Å². The molecule has 78 valence electrons. The number of halogens is 1. The van der Waals surface area contributed by atoms with Crippen molar-refractivity contribution in [2.24, 2.45) is 10.9 Å². The van der Waals surface area contributed by atoms with Crippen molar-refractivity contribution in [3.8, 4) is 0 Å². The van der Waals surface area contributed by atoms with Gasteiger partial charge in [-0.05, 0) is 37.1 Å². The van der Waals surface area contributed by atoms with Crippen molar-refractivity contribution in [1.29, 1.82) is 0 Å². The quantitative estimate of drug-likeness (QED) is 0.802. The third kappa shape index (κ3) is 1.81. The van der Waals surface area contributed by atoms with Gasteiger partial charge in [-0.2, -0.15) is 0 Å². The molecule has 1 heterocycles. The second-order valence-corrected chi connectivity index (χ2v) is 5.06. The van der Waals surface area contributed by atoms with Crippen LogP contribution in [0.4, 0.5) is 5.69 Å². The summed E-state index contributed by atoms with van der Waals surface area (Å²) in [5.74, 6) is 2.06. The maximum Gasteiger partial charge on any atom is 0.107 e. The lowest BCUT2D eigenvalue weighted by atomic mass is 10.2. The van der Waals surface area contributed by atoms with E-state index in [0.717, 1.165) is 23.5 Å². The molecular formula is C12H13BrN2. The van der Waals surface area contributed by atoms with Crippen molar-refractivity contribution in [3.63, 3.8) is 0 Å². The minimum Gasteiger partial charge on any atom is -0.328 e. The third-order valence-corrected chi connectivity index (χ3v) is 3.48. The highest BCUT2D eigenvalue weighted by Gasteiger charge is 2.33. The first-order valence-electron chi connectivity index (χ1n) is 5.42. The molecule has 15 heavy (non-hydrogen) atoms. The second-order valence-electron chi connectivity index (χ2n) is 4.14. The summed E-state index contributed by atoms with van der Waals surface area (Å²) in [6.07, 6.45) is 2.65. The summed E-state index contributed by atoms with van der Waals surface area (Å²) >= 11 is 3.46.